The monoisotopic (exact) mass is 378 g/mol. The fraction of sp³-hybridized carbons (Fsp3) is 0.0625. The SMILES string of the molecule is COc1ccc(-c2n[nH]c(=S)n2/N=C/c2c(Cl)cccc2Cl)cc1. The molecule has 0 amide bonds. The van der Waals surface area contributed by atoms with Crippen LogP contribution in [0.1, 0.15) is 5.56 Å². The van der Waals surface area contributed by atoms with Gasteiger partial charge in [-0.2, -0.15) is 14.9 Å². The van der Waals surface area contributed by atoms with Crippen molar-refractivity contribution >= 4 is 41.6 Å². The quantitative estimate of drug-likeness (QED) is 0.523. The summed E-state index contributed by atoms with van der Waals surface area (Å²) in [5.41, 5.74) is 1.45. The molecule has 1 heterocycles. The number of H-pyrrole nitrogens is 1. The Bertz CT molecular complexity index is 927. The van der Waals surface area contributed by atoms with Gasteiger partial charge in [0.05, 0.1) is 23.4 Å². The number of hydrogen-bond acceptors (Lipinski definition) is 4. The van der Waals surface area contributed by atoms with Gasteiger partial charge in [0.15, 0.2) is 5.82 Å². The van der Waals surface area contributed by atoms with Crippen LogP contribution in [0.3, 0.4) is 0 Å². The highest BCUT2D eigenvalue weighted by Gasteiger charge is 2.09. The van der Waals surface area contributed by atoms with Crippen LogP contribution in [0.15, 0.2) is 47.6 Å². The minimum atomic E-state index is 0.361. The Morgan fingerprint density at radius 2 is 1.83 bits per heavy atom. The second kappa shape index (κ2) is 7.17. The van der Waals surface area contributed by atoms with E-state index in [-0.39, 0.29) is 0 Å². The summed E-state index contributed by atoms with van der Waals surface area (Å²) in [6.45, 7) is 0. The van der Waals surface area contributed by atoms with Gasteiger partial charge in [0.1, 0.15) is 5.75 Å². The lowest BCUT2D eigenvalue weighted by Crippen LogP contribution is -1.96. The molecule has 1 N–H and O–H groups in total. The first kappa shape index (κ1) is 16.7. The maximum absolute atomic E-state index is 6.15. The van der Waals surface area contributed by atoms with Crippen LogP contribution in [0.5, 0.6) is 5.75 Å². The molecule has 24 heavy (non-hydrogen) atoms. The number of ether oxygens (including phenoxy) is 1. The van der Waals surface area contributed by atoms with Crippen molar-refractivity contribution in [2.45, 2.75) is 0 Å². The Morgan fingerprint density at radius 1 is 1.17 bits per heavy atom. The third kappa shape index (κ3) is 3.36. The predicted octanol–water partition coefficient (Wildman–Crippen LogP) is 4.81. The molecular formula is C16H12Cl2N4OS. The summed E-state index contributed by atoms with van der Waals surface area (Å²) < 4.78 is 7.03. The summed E-state index contributed by atoms with van der Waals surface area (Å²) in [5, 5.41) is 12.3. The molecule has 2 aromatic carbocycles. The first-order valence-electron chi connectivity index (χ1n) is 6.90. The summed E-state index contributed by atoms with van der Waals surface area (Å²) in [6, 6.07) is 12.7. The summed E-state index contributed by atoms with van der Waals surface area (Å²) in [4.78, 5) is 0. The number of rotatable bonds is 4. The molecule has 0 aliphatic heterocycles. The average Bonchev–Trinajstić information content (AvgIpc) is 2.95. The molecule has 5 nitrogen and oxygen atoms in total. The number of aromatic amines is 1. The third-order valence-corrected chi connectivity index (χ3v) is 4.22. The molecule has 0 spiro atoms. The molecule has 0 saturated carbocycles. The van der Waals surface area contributed by atoms with Crippen molar-refractivity contribution in [1.29, 1.82) is 0 Å². The first-order chi connectivity index (χ1) is 11.6. The minimum absolute atomic E-state index is 0.361. The number of methoxy groups -OCH3 is 1. The minimum Gasteiger partial charge on any atom is -0.497 e. The van der Waals surface area contributed by atoms with Crippen LogP contribution in [-0.2, 0) is 0 Å². The number of hydrogen-bond donors (Lipinski definition) is 1. The van der Waals surface area contributed by atoms with Gasteiger partial charge in [-0.15, -0.1) is 0 Å². The Morgan fingerprint density at radius 3 is 2.46 bits per heavy atom. The van der Waals surface area contributed by atoms with E-state index in [1.165, 1.54) is 4.68 Å². The zero-order valence-electron chi connectivity index (χ0n) is 12.5. The third-order valence-electron chi connectivity index (χ3n) is 3.30. The Balaban J connectivity index is 2.01. The van der Waals surface area contributed by atoms with Crippen LogP contribution in [0.2, 0.25) is 10.0 Å². The van der Waals surface area contributed by atoms with Crippen LogP contribution < -0.4 is 4.74 Å². The van der Waals surface area contributed by atoms with Crippen molar-refractivity contribution in [2.75, 3.05) is 7.11 Å². The van der Waals surface area contributed by atoms with E-state index in [9.17, 15) is 0 Å². The second-order valence-corrected chi connectivity index (χ2v) is 5.97. The van der Waals surface area contributed by atoms with E-state index in [1.54, 1.807) is 31.5 Å². The van der Waals surface area contributed by atoms with Crippen molar-refractivity contribution in [3.05, 3.63) is 62.8 Å². The van der Waals surface area contributed by atoms with Gasteiger partial charge >= 0.3 is 0 Å². The zero-order valence-corrected chi connectivity index (χ0v) is 14.9. The standard InChI is InChI=1S/C16H12Cl2N4OS/c1-23-11-7-5-10(6-8-11)15-20-21-16(24)22(15)19-9-12-13(17)3-2-4-14(12)18/h2-9H,1H3,(H,21,24)/b19-9+. The van der Waals surface area contributed by atoms with Gasteiger partial charge < -0.3 is 4.74 Å². The fourth-order valence-corrected chi connectivity index (χ4v) is 2.75. The molecule has 0 unspecified atom stereocenters. The lowest BCUT2D eigenvalue weighted by molar-refractivity contribution is 0.415. The molecule has 8 heteroatoms. The highest BCUT2D eigenvalue weighted by Crippen LogP contribution is 2.23. The number of halogens is 2. The van der Waals surface area contributed by atoms with E-state index in [1.807, 2.05) is 24.3 Å². The highest BCUT2D eigenvalue weighted by atomic mass is 35.5. The molecule has 0 atom stereocenters. The second-order valence-electron chi connectivity index (χ2n) is 4.77. The smallest absolute Gasteiger partial charge is 0.216 e. The molecule has 0 aliphatic carbocycles. The van der Waals surface area contributed by atoms with Crippen molar-refractivity contribution in [1.82, 2.24) is 14.9 Å². The van der Waals surface area contributed by atoms with Crippen LogP contribution >= 0.6 is 35.4 Å². The Hall–Kier alpha value is -2.15. The lowest BCUT2D eigenvalue weighted by atomic mass is 10.2. The normalized spacial score (nSPS) is 11.1. The molecule has 0 aliphatic rings. The lowest BCUT2D eigenvalue weighted by Gasteiger charge is -2.04. The number of nitrogens with one attached hydrogen (secondary N) is 1. The topological polar surface area (TPSA) is 55.2 Å². The Labute approximate surface area is 153 Å². The molecule has 3 aromatic rings. The van der Waals surface area contributed by atoms with Gasteiger partial charge in [0.2, 0.25) is 4.77 Å². The van der Waals surface area contributed by atoms with Crippen LogP contribution in [0, 0.1) is 4.77 Å². The summed E-state index contributed by atoms with van der Waals surface area (Å²) in [6.07, 6.45) is 1.56. The highest BCUT2D eigenvalue weighted by molar-refractivity contribution is 7.71. The predicted molar refractivity (Wildman–Crippen MR) is 98.9 cm³/mol. The van der Waals surface area contributed by atoms with E-state index in [4.69, 9.17) is 40.2 Å². The molecule has 0 fully saturated rings. The van der Waals surface area contributed by atoms with E-state index >= 15 is 0 Å². The van der Waals surface area contributed by atoms with E-state index in [0.29, 0.717) is 26.2 Å². The average molecular weight is 379 g/mol. The van der Waals surface area contributed by atoms with Crippen molar-refractivity contribution < 1.29 is 4.74 Å². The van der Waals surface area contributed by atoms with Crippen molar-refractivity contribution in [2.24, 2.45) is 5.10 Å². The van der Waals surface area contributed by atoms with Gasteiger partial charge in [0, 0.05) is 11.1 Å². The number of nitrogens with zero attached hydrogens (tertiary/aromatic N) is 3. The maximum atomic E-state index is 6.15. The molecule has 0 radical (unpaired) electrons. The van der Waals surface area contributed by atoms with E-state index < -0.39 is 0 Å². The Kier molecular flexibility index (Phi) is 4.99. The summed E-state index contributed by atoms with van der Waals surface area (Å²) >= 11 is 17.5. The molecule has 3 rings (SSSR count). The van der Waals surface area contributed by atoms with E-state index in [0.717, 1.165) is 11.3 Å². The molecule has 0 saturated heterocycles. The van der Waals surface area contributed by atoms with Gasteiger partial charge in [0.25, 0.3) is 0 Å². The van der Waals surface area contributed by atoms with Gasteiger partial charge in [-0.05, 0) is 48.6 Å². The van der Waals surface area contributed by atoms with Gasteiger partial charge in [-0.3, -0.25) is 0 Å². The molecule has 122 valence electrons. The number of benzene rings is 2. The van der Waals surface area contributed by atoms with E-state index in [2.05, 4.69) is 15.3 Å². The van der Waals surface area contributed by atoms with Crippen LogP contribution in [-0.4, -0.2) is 28.2 Å². The maximum Gasteiger partial charge on any atom is 0.216 e. The van der Waals surface area contributed by atoms with Crippen LogP contribution in [0.25, 0.3) is 11.4 Å². The molecule has 1 aromatic heterocycles. The van der Waals surface area contributed by atoms with Crippen molar-refractivity contribution in [3.8, 4) is 17.1 Å². The van der Waals surface area contributed by atoms with Crippen molar-refractivity contribution in [3.63, 3.8) is 0 Å². The van der Waals surface area contributed by atoms with Gasteiger partial charge in [-0.25, -0.2) is 5.10 Å². The number of aromatic nitrogens is 3. The zero-order chi connectivity index (χ0) is 17.1. The van der Waals surface area contributed by atoms with Gasteiger partial charge in [-0.1, -0.05) is 29.3 Å². The molecule has 0 bridgehead atoms. The largest absolute Gasteiger partial charge is 0.497 e. The fourth-order valence-electron chi connectivity index (χ4n) is 2.08. The summed E-state index contributed by atoms with van der Waals surface area (Å²) in [5.74, 6) is 1.33. The van der Waals surface area contributed by atoms with Crippen LogP contribution in [0.4, 0.5) is 0 Å². The summed E-state index contributed by atoms with van der Waals surface area (Å²) in [7, 11) is 1.61. The molecular weight excluding hydrogens is 367 g/mol. The first-order valence-corrected chi connectivity index (χ1v) is 8.07.